The maximum atomic E-state index is 12.6. The molecule has 1 atom stereocenters. The lowest BCUT2D eigenvalue weighted by atomic mass is 9.71. The Morgan fingerprint density at radius 3 is 2.88 bits per heavy atom. The number of nitrogens with one attached hydrogen (secondary N) is 1. The SMILES string of the molecule is O=C1CC=CC=C1N(O)C(=O)c1ccc2c(c1)CC1(CCNC1)CC2. The quantitative estimate of drug-likeness (QED) is 0.642. The number of Topliss-reactive ketones (excluding diaryl/α,β-unsaturated/α-hetero) is 1. The Balaban J connectivity index is 1.59. The molecule has 2 N–H and O–H groups in total. The fourth-order valence-electron chi connectivity index (χ4n) is 4.17. The average molecular weight is 338 g/mol. The lowest BCUT2D eigenvalue weighted by molar-refractivity contribution is -0.120. The van der Waals surface area contributed by atoms with E-state index < -0.39 is 5.91 Å². The van der Waals surface area contributed by atoms with E-state index in [9.17, 15) is 14.8 Å². The molecule has 4 rings (SSSR count). The van der Waals surface area contributed by atoms with Crippen molar-refractivity contribution in [1.29, 1.82) is 0 Å². The number of carbonyl (C=O) groups is 2. The highest BCUT2D eigenvalue weighted by Crippen LogP contribution is 2.40. The molecule has 0 bridgehead atoms. The molecule has 1 saturated heterocycles. The van der Waals surface area contributed by atoms with Gasteiger partial charge in [0.2, 0.25) is 0 Å². The van der Waals surface area contributed by atoms with E-state index in [1.54, 1.807) is 18.2 Å². The summed E-state index contributed by atoms with van der Waals surface area (Å²) in [5.74, 6) is -0.811. The van der Waals surface area contributed by atoms with E-state index in [-0.39, 0.29) is 17.9 Å². The number of carbonyl (C=O) groups excluding carboxylic acids is 2. The molecule has 3 aliphatic rings. The van der Waals surface area contributed by atoms with Crippen LogP contribution in [0, 0.1) is 5.41 Å². The van der Waals surface area contributed by atoms with Gasteiger partial charge in [-0.3, -0.25) is 14.8 Å². The van der Waals surface area contributed by atoms with Crippen LogP contribution in [0.5, 0.6) is 0 Å². The van der Waals surface area contributed by atoms with Crippen molar-refractivity contribution < 1.29 is 14.8 Å². The Kier molecular flexibility index (Phi) is 4.06. The number of amides is 1. The molecular weight excluding hydrogens is 316 g/mol. The molecule has 1 fully saturated rings. The minimum Gasteiger partial charge on any atom is -0.316 e. The molecule has 1 aromatic rings. The van der Waals surface area contributed by atoms with E-state index >= 15 is 0 Å². The number of allylic oxidation sites excluding steroid dienone is 4. The van der Waals surface area contributed by atoms with Gasteiger partial charge in [-0.05, 0) is 67.0 Å². The van der Waals surface area contributed by atoms with Gasteiger partial charge >= 0.3 is 0 Å². The van der Waals surface area contributed by atoms with Crippen LogP contribution in [0.2, 0.25) is 0 Å². The minimum atomic E-state index is -0.554. The topological polar surface area (TPSA) is 69.6 Å². The predicted molar refractivity (Wildman–Crippen MR) is 93.2 cm³/mol. The number of nitrogens with zero attached hydrogens (tertiary/aromatic N) is 1. The van der Waals surface area contributed by atoms with E-state index in [4.69, 9.17) is 0 Å². The number of hydrogen-bond donors (Lipinski definition) is 2. The Labute approximate surface area is 147 Å². The number of fused-ring (bicyclic) bond motifs is 1. The van der Waals surface area contributed by atoms with E-state index in [0.717, 1.165) is 25.9 Å². The summed E-state index contributed by atoms with van der Waals surface area (Å²) in [6.07, 6.45) is 9.41. The Morgan fingerprint density at radius 1 is 1.24 bits per heavy atom. The molecule has 0 radical (unpaired) electrons. The lowest BCUT2D eigenvalue weighted by Gasteiger charge is -2.34. The first-order valence-electron chi connectivity index (χ1n) is 8.84. The lowest BCUT2D eigenvalue weighted by Crippen LogP contribution is -2.33. The maximum Gasteiger partial charge on any atom is 0.282 e. The fourth-order valence-corrected chi connectivity index (χ4v) is 4.17. The van der Waals surface area contributed by atoms with E-state index in [2.05, 4.69) is 5.32 Å². The predicted octanol–water partition coefficient (Wildman–Crippen LogP) is 2.40. The summed E-state index contributed by atoms with van der Waals surface area (Å²) in [5, 5.41) is 14.2. The second-order valence-electron chi connectivity index (χ2n) is 7.31. The maximum absolute atomic E-state index is 12.6. The summed E-state index contributed by atoms with van der Waals surface area (Å²) in [5.41, 5.74) is 3.24. The van der Waals surface area contributed by atoms with Gasteiger partial charge in [-0.2, -0.15) is 5.06 Å². The molecule has 0 aromatic heterocycles. The molecule has 1 aliphatic heterocycles. The van der Waals surface area contributed by atoms with Gasteiger partial charge in [0.1, 0.15) is 5.70 Å². The third kappa shape index (κ3) is 2.94. The molecule has 1 heterocycles. The molecule has 1 amide bonds. The molecule has 1 spiro atoms. The van der Waals surface area contributed by atoms with Gasteiger partial charge in [-0.15, -0.1) is 0 Å². The number of hydroxylamine groups is 2. The number of rotatable bonds is 2. The second kappa shape index (κ2) is 6.24. The van der Waals surface area contributed by atoms with E-state index in [0.29, 0.717) is 16.0 Å². The third-order valence-electron chi connectivity index (χ3n) is 5.68. The summed E-state index contributed by atoms with van der Waals surface area (Å²) < 4.78 is 0. The zero-order valence-electron chi connectivity index (χ0n) is 14.1. The van der Waals surface area contributed by atoms with Gasteiger partial charge in [-0.1, -0.05) is 18.2 Å². The van der Waals surface area contributed by atoms with Crippen LogP contribution in [-0.2, 0) is 17.6 Å². The Hall–Kier alpha value is -2.24. The highest BCUT2D eigenvalue weighted by Gasteiger charge is 2.37. The van der Waals surface area contributed by atoms with Crippen LogP contribution in [0.3, 0.4) is 0 Å². The zero-order valence-corrected chi connectivity index (χ0v) is 14.1. The number of ketones is 1. The van der Waals surface area contributed by atoms with E-state index in [1.807, 2.05) is 12.1 Å². The first-order chi connectivity index (χ1) is 12.1. The van der Waals surface area contributed by atoms with Gasteiger partial charge in [0, 0.05) is 18.5 Å². The molecule has 2 aliphatic carbocycles. The number of aryl methyl sites for hydroxylation is 1. The van der Waals surface area contributed by atoms with Gasteiger partial charge in [0.25, 0.3) is 5.91 Å². The Morgan fingerprint density at radius 2 is 2.12 bits per heavy atom. The molecule has 1 unspecified atom stereocenters. The summed E-state index contributed by atoms with van der Waals surface area (Å²) in [7, 11) is 0. The molecule has 130 valence electrons. The largest absolute Gasteiger partial charge is 0.316 e. The number of benzene rings is 1. The van der Waals surface area contributed by atoms with Crippen LogP contribution in [-0.4, -0.2) is 35.1 Å². The van der Waals surface area contributed by atoms with Crippen LogP contribution < -0.4 is 5.32 Å². The monoisotopic (exact) mass is 338 g/mol. The summed E-state index contributed by atoms with van der Waals surface area (Å²) >= 11 is 0. The van der Waals surface area contributed by atoms with Crippen LogP contribution in [0.15, 0.2) is 42.1 Å². The van der Waals surface area contributed by atoms with Crippen molar-refractivity contribution in [2.24, 2.45) is 5.41 Å². The van der Waals surface area contributed by atoms with Crippen LogP contribution in [0.4, 0.5) is 0 Å². The smallest absolute Gasteiger partial charge is 0.282 e. The van der Waals surface area contributed by atoms with Crippen LogP contribution >= 0.6 is 0 Å². The zero-order chi connectivity index (χ0) is 17.4. The first kappa shape index (κ1) is 16.2. The minimum absolute atomic E-state index is 0.0293. The molecule has 5 nitrogen and oxygen atoms in total. The highest BCUT2D eigenvalue weighted by molar-refractivity contribution is 6.04. The second-order valence-corrected chi connectivity index (χ2v) is 7.31. The highest BCUT2D eigenvalue weighted by atomic mass is 16.5. The number of hydrogen-bond acceptors (Lipinski definition) is 4. The van der Waals surface area contributed by atoms with Gasteiger partial charge in [-0.25, -0.2) is 0 Å². The first-order valence-corrected chi connectivity index (χ1v) is 8.84. The summed E-state index contributed by atoms with van der Waals surface area (Å²) in [4.78, 5) is 24.5. The van der Waals surface area contributed by atoms with Gasteiger partial charge < -0.3 is 5.32 Å². The van der Waals surface area contributed by atoms with Crippen molar-refractivity contribution >= 4 is 11.7 Å². The molecule has 25 heavy (non-hydrogen) atoms. The van der Waals surface area contributed by atoms with Gasteiger partial charge in [0.15, 0.2) is 5.78 Å². The molecular formula is C20H22N2O3. The molecule has 1 aromatic carbocycles. The fraction of sp³-hybridized carbons (Fsp3) is 0.400. The van der Waals surface area contributed by atoms with Crippen molar-refractivity contribution in [3.05, 3.63) is 58.8 Å². The molecule has 0 saturated carbocycles. The van der Waals surface area contributed by atoms with E-state index in [1.165, 1.54) is 30.0 Å². The Bertz CT molecular complexity index is 788. The van der Waals surface area contributed by atoms with Crippen molar-refractivity contribution in [2.45, 2.75) is 32.1 Å². The normalized spacial score (nSPS) is 25.0. The molecule has 5 heteroatoms. The van der Waals surface area contributed by atoms with Crippen LogP contribution in [0.25, 0.3) is 0 Å². The van der Waals surface area contributed by atoms with Crippen molar-refractivity contribution in [3.8, 4) is 0 Å². The van der Waals surface area contributed by atoms with Gasteiger partial charge in [0.05, 0.1) is 0 Å². The summed E-state index contributed by atoms with van der Waals surface area (Å²) in [6, 6.07) is 5.63. The van der Waals surface area contributed by atoms with Crippen molar-refractivity contribution in [3.63, 3.8) is 0 Å². The average Bonchev–Trinajstić information content (AvgIpc) is 3.08. The summed E-state index contributed by atoms with van der Waals surface area (Å²) in [6.45, 7) is 2.09. The van der Waals surface area contributed by atoms with Crippen molar-refractivity contribution in [1.82, 2.24) is 10.4 Å². The van der Waals surface area contributed by atoms with Crippen LogP contribution in [0.1, 0.15) is 40.7 Å². The van der Waals surface area contributed by atoms with Crippen molar-refractivity contribution in [2.75, 3.05) is 13.1 Å². The third-order valence-corrected chi connectivity index (χ3v) is 5.68. The standard InChI is InChI=1S/C20H22N2O3/c23-18-4-2-1-3-17(18)22(25)19(24)15-6-5-14-7-8-20(9-10-21-13-20)12-16(14)11-15/h1-3,5-6,11,21,25H,4,7-10,12-13H2.